The number of hydrogen-bond acceptors (Lipinski definition) is 6. The molecule has 0 aliphatic carbocycles. The summed E-state index contributed by atoms with van der Waals surface area (Å²) < 4.78 is 8.17. The van der Waals surface area contributed by atoms with Crippen molar-refractivity contribution in [1.29, 1.82) is 5.26 Å². The first-order valence-corrected chi connectivity index (χ1v) is 11.4. The second kappa shape index (κ2) is 9.77. The fraction of sp³-hybridized carbons (Fsp3) is 0.222. The highest BCUT2D eigenvalue weighted by molar-refractivity contribution is 5.69. The third-order valence-corrected chi connectivity index (χ3v) is 6.04. The number of aryl methyl sites for hydroxylation is 1. The fourth-order valence-electron chi connectivity index (χ4n) is 4.22. The van der Waals surface area contributed by atoms with Gasteiger partial charge in [-0.05, 0) is 42.3 Å². The molecule has 5 rings (SSSR count). The van der Waals surface area contributed by atoms with Gasteiger partial charge in [0, 0.05) is 30.6 Å². The van der Waals surface area contributed by atoms with Gasteiger partial charge in [0.1, 0.15) is 6.10 Å². The summed E-state index contributed by atoms with van der Waals surface area (Å²) in [5, 5.41) is 20.4. The largest absolute Gasteiger partial charge is 0.469 e. The van der Waals surface area contributed by atoms with E-state index in [0.717, 1.165) is 29.8 Å². The van der Waals surface area contributed by atoms with Crippen LogP contribution < -0.4 is 15.4 Å². The van der Waals surface area contributed by atoms with Gasteiger partial charge in [0.05, 0.1) is 36.1 Å². The van der Waals surface area contributed by atoms with Gasteiger partial charge in [-0.25, -0.2) is 4.98 Å². The fourth-order valence-corrected chi connectivity index (χ4v) is 4.22. The second-order valence-electron chi connectivity index (χ2n) is 8.42. The van der Waals surface area contributed by atoms with Gasteiger partial charge in [0.25, 0.3) is 0 Å². The van der Waals surface area contributed by atoms with Gasteiger partial charge in [0.15, 0.2) is 0 Å². The van der Waals surface area contributed by atoms with E-state index in [1.54, 1.807) is 4.68 Å². The van der Waals surface area contributed by atoms with Crippen molar-refractivity contribution in [2.45, 2.75) is 18.6 Å². The first-order chi connectivity index (χ1) is 16.7. The minimum atomic E-state index is -0.118. The Kier molecular flexibility index (Phi) is 6.23. The molecule has 0 bridgehead atoms. The van der Waals surface area contributed by atoms with Gasteiger partial charge in [-0.3, -0.25) is 4.68 Å². The molecule has 7 heteroatoms. The Labute approximate surface area is 199 Å². The highest BCUT2D eigenvalue weighted by Crippen LogP contribution is 2.34. The predicted octanol–water partition coefficient (Wildman–Crippen LogP) is 4.10. The number of ether oxygens (including phenoxy) is 1. The highest BCUT2D eigenvalue weighted by Gasteiger charge is 2.29. The van der Waals surface area contributed by atoms with Crippen molar-refractivity contribution >= 4 is 5.69 Å². The number of nitriles is 1. The van der Waals surface area contributed by atoms with Crippen LogP contribution in [0.1, 0.15) is 22.7 Å². The summed E-state index contributed by atoms with van der Waals surface area (Å²) in [7, 11) is 1.90. The Bertz CT molecular complexity index is 1290. The molecule has 0 radical (unpaired) electrons. The number of nitrogens with one attached hydrogen (secondary N) is 2. The Morgan fingerprint density at radius 1 is 1.15 bits per heavy atom. The van der Waals surface area contributed by atoms with Gasteiger partial charge in [0.2, 0.25) is 5.88 Å². The van der Waals surface area contributed by atoms with E-state index in [0.29, 0.717) is 18.0 Å². The van der Waals surface area contributed by atoms with E-state index in [2.05, 4.69) is 45.0 Å². The SMILES string of the molecule is Cn1cc(-c2cnc3c(c2)NC[C@H]([C@H](NCCc2ccc(C#N)cc2)c2ccccc2)O3)cn1. The zero-order chi connectivity index (χ0) is 23.3. The van der Waals surface area contributed by atoms with Crippen LogP contribution >= 0.6 is 0 Å². The van der Waals surface area contributed by atoms with E-state index in [1.165, 1.54) is 11.1 Å². The molecule has 4 aromatic rings. The molecule has 0 amide bonds. The summed E-state index contributed by atoms with van der Waals surface area (Å²) in [4.78, 5) is 4.60. The molecule has 0 saturated heterocycles. The Morgan fingerprint density at radius 3 is 2.71 bits per heavy atom. The topological polar surface area (TPSA) is 87.8 Å². The Balaban J connectivity index is 1.30. The quantitative estimate of drug-likeness (QED) is 0.441. The zero-order valence-electron chi connectivity index (χ0n) is 19.0. The van der Waals surface area contributed by atoms with Crippen LogP contribution in [0.2, 0.25) is 0 Å². The molecule has 7 nitrogen and oxygen atoms in total. The summed E-state index contributed by atoms with van der Waals surface area (Å²) in [6.45, 7) is 1.44. The van der Waals surface area contributed by atoms with E-state index in [9.17, 15) is 0 Å². The zero-order valence-corrected chi connectivity index (χ0v) is 19.0. The summed E-state index contributed by atoms with van der Waals surface area (Å²) in [6, 6.07) is 22.3. The highest BCUT2D eigenvalue weighted by atomic mass is 16.5. The van der Waals surface area contributed by atoms with E-state index in [4.69, 9.17) is 10.00 Å². The first-order valence-electron chi connectivity index (χ1n) is 11.4. The van der Waals surface area contributed by atoms with Gasteiger partial charge in [-0.1, -0.05) is 42.5 Å². The van der Waals surface area contributed by atoms with Crippen LogP contribution in [-0.4, -0.2) is 34.0 Å². The lowest BCUT2D eigenvalue weighted by atomic mass is 9.99. The van der Waals surface area contributed by atoms with Crippen LogP contribution in [0.4, 0.5) is 5.69 Å². The van der Waals surface area contributed by atoms with Gasteiger partial charge < -0.3 is 15.4 Å². The number of fused-ring (bicyclic) bond motifs is 1. The molecule has 170 valence electrons. The molecule has 2 N–H and O–H groups in total. The van der Waals surface area contributed by atoms with Gasteiger partial charge >= 0.3 is 0 Å². The molecular formula is C27H26N6O. The molecule has 2 atom stereocenters. The average molecular weight is 451 g/mol. The molecule has 0 saturated carbocycles. The normalized spacial score (nSPS) is 15.5. The van der Waals surface area contributed by atoms with Gasteiger partial charge in [-0.15, -0.1) is 0 Å². The van der Waals surface area contributed by atoms with Crippen molar-refractivity contribution in [3.63, 3.8) is 0 Å². The minimum Gasteiger partial charge on any atom is -0.469 e. The molecule has 2 aromatic heterocycles. The molecule has 0 unspecified atom stereocenters. The maximum Gasteiger partial charge on any atom is 0.237 e. The molecular weight excluding hydrogens is 424 g/mol. The molecule has 0 spiro atoms. The maximum absolute atomic E-state index is 9.00. The average Bonchev–Trinajstić information content (AvgIpc) is 3.33. The van der Waals surface area contributed by atoms with Crippen LogP contribution in [0, 0.1) is 11.3 Å². The Morgan fingerprint density at radius 2 is 1.97 bits per heavy atom. The van der Waals surface area contributed by atoms with Crippen LogP contribution in [0.3, 0.4) is 0 Å². The number of rotatable bonds is 7. The van der Waals surface area contributed by atoms with Crippen molar-refractivity contribution in [2.24, 2.45) is 7.05 Å². The van der Waals surface area contributed by atoms with Crippen molar-refractivity contribution < 1.29 is 4.74 Å². The number of aromatic nitrogens is 3. The van der Waals surface area contributed by atoms with E-state index in [-0.39, 0.29) is 12.1 Å². The van der Waals surface area contributed by atoms with Crippen LogP contribution in [0.5, 0.6) is 5.88 Å². The van der Waals surface area contributed by atoms with Crippen molar-refractivity contribution in [1.82, 2.24) is 20.1 Å². The third kappa shape index (κ3) is 4.77. The molecule has 1 aliphatic rings. The van der Waals surface area contributed by atoms with E-state index < -0.39 is 0 Å². The predicted molar refractivity (Wildman–Crippen MR) is 131 cm³/mol. The number of anilines is 1. The van der Waals surface area contributed by atoms with Crippen molar-refractivity contribution in [2.75, 3.05) is 18.4 Å². The molecule has 1 aliphatic heterocycles. The van der Waals surface area contributed by atoms with Crippen LogP contribution in [0.25, 0.3) is 11.1 Å². The number of nitrogens with zero attached hydrogens (tertiary/aromatic N) is 4. The lowest BCUT2D eigenvalue weighted by Crippen LogP contribution is -2.43. The van der Waals surface area contributed by atoms with Gasteiger partial charge in [-0.2, -0.15) is 10.4 Å². The van der Waals surface area contributed by atoms with Crippen LogP contribution in [-0.2, 0) is 13.5 Å². The molecule has 2 aromatic carbocycles. The van der Waals surface area contributed by atoms with E-state index in [1.807, 2.05) is 68.1 Å². The van der Waals surface area contributed by atoms with E-state index >= 15 is 0 Å². The number of benzene rings is 2. The summed E-state index contributed by atoms with van der Waals surface area (Å²) in [5.74, 6) is 0.610. The lowest BCUT2D eigenvalue weighted by molar-refractivity contribution is 0.150. The van der Waals surface area contributed by atoms with Crippen molar-refractivity contribution in [3.8, 4) is 23.1 Å². The molecule has 34 heavy (non-hydrogen) atoms. The summed E-state index contributed by atoms with van der Waals surface area (Å²) >= 11 is 0. The number of hydrogen-bond donors (Lipinski definition) is 2. The summed E-state index contributed by atoms with van der Waals surface area (Å²) in [5.41, 5.74) is 5.95. The Hall–Kier alpha value is -4.15. The summed E-state index contributed by atoms with van der Waals surface area (Å²) in [6.07, 6.45) is 6.37. The smallest absolute Gasteiger partial charge is 0.237 e. The second-order valence-corrected chi connectivity index (χ2v) is 8.42. The third-order valence-electron chi connectivity index (χ3n) is 6.04. The maximum atomic E-state index is 9.00. The van der Waals surface area contributed by atoms with Crippen LogP contribution in [0.15, 0.2) is 79.3 Å². The first kappa shape index (κ1) is 21.7. The van der Waals surface area contributed by atoms with Crippen molar-refractivity contribution in [3.05, 3.63) is 95.9 Å². The number of pyridine rings is 1. The monoisotopic (exact) mass is 450 g/mol. The minimum absolute atomic E-state index is 0.0000292. The molecule has 3 heterocycles. The standard InChI is InChI=1S/C27H26N6O/c1-33-18-23(16-32-33)22-13-24-27(31-15-22)34-25(17-30-24)26(21-5-3-2-4-6-21)29-12-11-19-7-9-20(14-28)10-8-19/h2-10,13,15-16,18,25-26,29-30H,11-12,17H2,1H3/t25-,26-/m1/s1. The molecule has 0 fully saturated rings. The lowest BCUT2D eigenvalue weighted by Gasteiger charge is -2.33.